The van der Waals surface area contributed by atoms with Crippen LogP contribution in [0.3, 0.4) is 0 Å². The highest BCUT2D eigenvalue weighted by Gasteiger charge is 2.66. The molecule has 1 N–H and O–H groups in total. The molecule has 3 fully saturated rings. The first-order valence-electron chi connectivity index (χ1n) is 4.73. The van der Waals surface area contributed by atoms with Gasteiger partial charge in [0.2, 0.25) is 5.91 Å². The predicted molar refractivity (Wildman–Crippen MR) is 42.8 cm³/mol. The van der Waals surface area contributed by atoms with Crippen molar-refractivity contribution in [2.45, 2.75) is 18.9 Å². The van der Waals surface area contributed by atoms with E-state index in [1.54, 1.807) is 0 Å². The Morgan fingerprint density at radius 3 is 2.54 bits per heavy atom. The van der Waals surface area contributed by atoms with Gasteiger partial charge in [0, 0.05) is 18.5 Å². The average molecular weight is 181 g/mol. The fourth-order valence-corrected chi connectivity index (χ4v) is 2.50. The van der Waals surface area contributed by atoms with Gasteiger partial charge in [-0.2, -0.15) is 0 Å². The number of carboxylic acid groups (broad SMARTS) is 1. The Morgan fingerprint density at radius 1 is 1.46 bits per heavy atom. The van der Waals surface area contributed by atoms with Crippen molar-refractivity contribution in [1.29, 1.82) is 0 Å². The smallest absolute Gasteiger partial charge is 0.307 e. The van der Waals surface area contributed by atoms with E-state index in [0.717, 1.165) is 12.8 Å². The fourth-order valence-electron chi connectivity index (χ4n) is 2.50. The summed E-state index contributed by atoms with van der Waals surface area (Å²) in [5.41, 5.74) is 0. The number of carbonyl (C=O) groups is 2. The number of piperidine rings is 1. The Morgan fingerprint density at radius 2 is 2.15 bits per heavy atom. The average Bonchev–Trinajstić information content (AvgIpc) is 2.95. The van der Waals surface area contributed by atoms with Crippen LogP contribution < -0.4 is 0 Å². The number of likely N-dealkylation sites (tertiary alicyclic amines) is 1. The third-order valence-corrected chi connectivity index (χ3v) is 3.42. The highest BCUT2D eigenvalue weighted by molar-refractivity contribution is 5.93. The van der Waals surface area contributed by atoms with Crippen molar-refractivity contribution in [3.63, 3.8) is 0 Å². The lowest BCUT2D eigenvalue weighted by Crippen LogP contribution is -2.33. The Hall–Kier alpha value is -1.06. The zero-order valence-electron chi connectivity index (χ0n) is 7.14. The summed E-state index contributed by atoms with van der Waals surface area (Å²) in [4.78, 5) is 24.1. The van der Waals surface area contributed by atoms with Crippen LogP contribution in [0, 0.1) is 17.8 Å². The molecular weight excluding hydrogens is 170 g/mol. The van der Waals surface area contributed by atoms with Gasteiger partial charge in [-0.05, 0) is 12.8 Å². The molecule has 0 radical (unpaired) electrons. The van der Waals surface area contributed by atoms with Crippen molar-refractivity contribution >= 4 is 11.9 Å². The van der Waals surface area contributed by atoms with Gasteiger partial charge in [-0.15, -0.1) is 0 Å². The summed E-state index contributed by atoms with van der Waals surface area (Å²) in [7, 11) is 0. The number of hydrogen-bond acceptors (Lipinski definition) is 2. The molecule has 3 unspecified atom stereocenters. The molecule has 0 aromatic rings. The van der Waals surface area contributed by atoms with Crippen LogP contribution in [-0.2, 0) is 9.59 Å². The molecule has 1 heterocycles. The van der Waals surface area contributed by atoms with Crippen LogP contribution in [0.4, 0.5) is 0 Å². The number of amides is 1. The Bertz CT molecular complexity index is 297. The van der Waals surface area contributed by atoms with Crippen LogP contribution in [0.15, 0.2) is 0 Å². The summed E-state index contributed by atoms with van der Waals surface area (Å²) >= 11 is 0. The SMILES string of the molecule is O=C(O)C1C2CN(C3CC3)C(=O)C21. The van der Waals surface area contributed by atoms with Crippen molar-refractivity contribution < 1.29 is 14.7 Å². The maximum absolute atomic E-state index is 11.6. The lowest BCUT2D eigenvalue weighted by molar-refractivity contribution is -0.143. The van der Waals surface area contributed by atoms with Crippen LogP contribution in [0.25, 0.3) is 0 Å². The fraction of sp³-hybridized carbons (Fsp3) is 0.778. The lowest BCUT2D eigenvalue weighted by Gasteiger charge is -2.17. The van der Waals surface area contributed by atoms with Crippen molar-refractivity contribution in [2.24, 2.45) is 17.8 Å². The number of hydrogen-bond donors (Lipinski definition) is 1. The molecular formula is C9H11NO3. The second-order valence-corrected chi connectivity index (χ2v) is 4.28. The van der Waals surface area contributed by atoms with E-state index in [2.05, 4.69) is 0 Å². The third-order valence-electron chi connectivity index (χ3n) is 3.42. The second kappa shape index (κ2) is 2.05. The molecule has 0 aromatic heterocycles. The van der Waals surface area contributed by atoms with Crippen LogP contribution in [-0.4, -0.2) is 34.5 Å². The number of nitrogens with zero attached hydrogens (tertiary/aromatic N) is 1. The molecule has 1 amide bonds. The van der Waals surface area contributed by atoms with Crippen molar-refractivity contribution in [2.75, 3.05) is 6.54 Å². The predicted octanol–water partition coefficient (Wildman–Crippen LogP) is -0.0622. The van der Waals surface area contributed by atoms with Gasteiger partial charge in [0.1, 0.15) is 0 Å². The van der Waals surface area contributed by atoms with Gasteiger partial charge in [-0.25, -0.2) is 0 Å². The number of carbonyl (C=O) groups excluding carboxylic acids is 1. The molecule has 3 aliphatic rings. The summed E-state index contributed by atoms with van der Waals surface area (Å²) < 4.78 is 0. The summed E-state index contributed by atoms with van der Waals surface area (Å²) in [5.74, 6) is -1.09. The molecule has 4 heteroatoms. The monoisotopic (exact) mass is 181 g/mol. The highest BCUT2D eigenvalue weighted by Crippen LogP contribution is 2.54. The van der Waals surface area contributed by atoms with Gasteiger partial charge in [0.05, 0.1) is 11.8 Å². The van der Waals surface area contributed by atoms with E-state index in [1.165, 1.54) is 0 Å². The molecule has 4 nitrogen and oxygen atoms in total. The Balaban J connectivity index is 1.74. The zero-order valence-corrected chi connectivity index (χ0v) is 7.14. The van der Waals surface area contributed by atoms with Crippen molar-refractivity contribution in [1.82, 2.24) is 4.90 Å². The van der Waals surface area contributed by atoms with E-state index in [0.29, 0.717) is 12.6 Å². The standard InChI is InChI=1S/C9H11NO3/c11-8-6-5(7(6)9(12)13)3-10(8)4-1-2-4/h4-7H,1-3H2,(H,12,13). The van der Waals surface area contributed by atoms with Gasteiger partial charge in [-0.3, -0.25) is 9.59 Å². The lowest BCUT2D eigenvalue weighted by atomic mass is 10.2. The molecule has 3 rings (SSSR count). The minimum absolute atomic E-state index is 0.0971. The molecule has 1 aliphatic heterocycles. The van der Waals surface area contributed by atoms with E-state index in [1.807, 2.05) is 4.90 Å². The molecule has 2 saturated carbocycles. The van der Waals surface area contributed by atoms with Crippen LogP contribution in [0.5, 0.6) is 0 Å². The molecule has 13 heavy (non-hydrogen) atoms. The summed E-state index contributed by atoms with van der Waals surface area (Å²) in [5, 5.41) is 8.75. The number of fused-ring (bicyclic) bond motifs is 1. The Kier molecular flexibility index (Phi) is 1.16. The van der Waals surface area contributed by atoms with E-state index >= 15 is 0 Å². The minimum atomic E-state index is -0.793. The third kappa shape index (κ3) is 0.857. The van der Waals surface area contributed by atoms with Gasteiger partial charge in [-0.1, -0.05) is 0 Å². The first kappa shape index (κ1) is 7.35. The van der Waals surface area contributed by atoms with E-state index in [4.69, 9.17) is 5.11 Å². The van der Waals surface area contributed by atoms with E-state index in [-0.39, 0.29) is 23.7 Å². The minimum Gasteiger partial charge on any atom is -0.481 e. The maximum atomic E-state index is 11.6. The number of aliphatic carboxylic acids is 1. The number of carboxylic acids is 1. The molecule has 2 aliphatic carbocycles. The number of rotatable bonds is 2. The topological polar surface area (TPSA) is 57.6 Å². The highest BCUT2D eigenvalue weighted by atomic mass is 16.4. The quantitative estimate of drug-likeness (QED) is 0.649. The summed E-state index contributed by atoms with van der Waals surface area (Å²) in [6.45, 7) is 0.700. The molecule has 70 valence electrons. The molecule has 1 saturated heterocycles. The second-order valence-electron chi connectivity index (χ2n) is 4.28. The zero-order chi connectivity index (χ0) is 9.16. The molecule has 0 aromatic carbocycles. The van der Waals surface area contributed by atoms with Crippen molar-refractivity contribution in [3.05, 3.63) is 0 Å². The molecule has 0 spiro atoms. The van der Waals surface area contributed by atoms with Crippen LogP contribution in [0.2, 0.25) is 0 Å². The summed E-state index contributed by atoms with van der Waals surface area (Å²) in [6.07, 6.45) is 2.23. The van der Waals surface area contributed by atoms with E-state index < -0.39 is 5.97 Å². The van der Waals surface area contributed by atoms with Crippen LogP contribution >= 0.6 is 0 Å². The molecule has 3 atom stereocenters. The molecule has 0 bridgehead atoms. The van der Waals surface area contributed by atoms with Gasteiger partial charge < -0.3 is 10.0 Å². The van der Waals surface area contributed by atoms with Crippen LogP contribution in [0.1, 0.15) is 12.8 Å². The normalized spacial score (nSPS) is 42.0. The summed E-state index contributed by atoms with van der Waals surface area (Å²) in [6, 6.07) is 0.453. The first-order valence-corrected chi connectivity index (χ1v) is 4.73. The Labute approximate surface area is 75.5 Å². The largest absolute Gasteiger partial charge is 0.481 e. The maximum Gasteiger partial charge on any atom is 0.307 e. The first-order chi connectivity index (χ1) is 6.20. The van der Waals surface area contributed by atoms with E-state index in [9.17, 15) is 9.59 Å². The van der Waals surface area contributed by atoms with Gasteiger partial charge >= 0.3 is 5.97 Å². The van der Waals surface area contributed by atoms with Gasteiger partial charge in [0.25, 0.3) is 0 Å². The van der Waals surface area contributed by atoms with Crippen molar-refractivity contribution in [3.8, 4) is 0 Å². The van der Waals surface area contributed by atoms with Gasteiger partial charge in [0.15, 0.2) is 0 Å².